The molecule has 4 nitrogen and oxygen atoms in total. The first kappa shape index (κ1) is 16.0. The van der Waals surface area contributed by atoms with Crippen LogP contribution >= 0.6 is 0 Å². The first-order chi connectivity index (χ1) is 9.18. The summed E-state index contributed by atoms with van der Waals surface area (Å²) in [6, 6.07) is 2.26. The molecule has 0 aromatic heterocycles. The van der Waals surface area contributed by atoms with E-state index in [1.54, 1.807) is 0 Å². The molecular formula is C15H26N2O2. The molecule has 19 heavy (non-hydrogen) atoms. The zero-order valence-electron chi connectivity index (χ0n) is 12.2. The molecule has 0 radical (unpaired) electrons. The molecule has 1 aliphatic heterocycles. The number of hydrogen-bond acceptors (Lipinski definition) is 3. The van der Waals surface area contributed by atoms with Crippen molar-refractivity contribution in [1.29, 1.82) is 5.26 Å². The van der Waals surface area contributed by atoms with E-state index in [0.29, 0.717) is 25.3 Å². The van der Waals surface area contributed by atoms with Crippen molar-refractivity contribution in [3.8, 4) is 6.07 Å². The topological polar surface area (TPSA) is 62.1 Å². The molecule has 1 fully saturated rings. The standard InChI is InChI=1S/C15H26N2O2/c1-3-7-15(12-16,8-4-2)14(18)17-9-5-13-6-10-19-11-13/h13H,3-11H2,1-2H3,(H,17,18). The number of carbonyl (C=O) groups is 1. The lowest BCUT2D eigenvalue weighted by Crippen LogP contribution is -2.40. The zero-order valence-corrected chi connectivity index (χ0v) is 12.2. The Morgan fingerprint density at radius 1 is 1.42 bits per heavy atom. The van der Waals surface area contributed by atoms with Crippen LogP contribution in [0.2, 0.25) is 0 Å². The van der Waals surface area contributed by atoms with Crippen LogP contribution in [0, 0.1) is 22.7 Å². The van der Waals surface area contributed by atoms with Gasteiger partial charge in [0.15, 0.2) is 0 Å². The normalized spacial score (nSPS) is 19.1. The third kappa shape index (κ3) is 4.50. The molecule has 0 aromatic rings. The van der Waals surface area contributed by atoms with Crippen LogP contribution < -0.4 is 5.32 Å². The van der Waals surface area contributed by atoms with Crippen LogP contribution in [-0.4, -0.2) is 25.7 Å². The lowest BCUT2D eigenvalue weighted by Gasteiger charge is -2.24. The van der Waals surface area contributed by atoms with E-state index in [9.17, 15) is 10.1 Å². The number of nitriles is 1. The van der Waals surface area contributed by atoms with Gasteiger partial charge in [0.25, 0.3) is 0 Å². The van der Waals surface area contributed by atoms with Crippen LogP contribution in [0.5, 0.6) is 0 Å². The number of amides is 1. The maximum absolute atomic E-state index is 12.3. The van der Waals surface area contributed by atoms with Crippen LogP contribution in [0.15, 0.2) is 0 Å². The Bertz CT molecular complexity index is 311. The maximum Gasteiger partial charge on any atom is 0.240 e. The fourth-order valence-electron chi connectivity index (χ4n) is 2.74. The lowest BCUT2D eigenvalue weighted by atomic mass is 9.79. The third-order valence-corrected chi connectivity index (χ3v) is 3.86. The van der Waals surface area contributed by atoms with Crippen molar-refractivity contribution in [3.63, 3.8) is 0 Å². The van der Waals surface area contributed by atoms with Gasteiger partial charge in [0.1, 0.15) is 5.41 Å². The summed E-state index contributed by atoms with van der Waals surface area (Å²) in [5, 5.41) is 12.3. The van der Waals surface area contributed by atoms with Gasteiger partial charge in [0.2, 0.25) is 5.91 Å². The largest absolute Gasteiger partial charge is 0.381 e. The van der Waals surface area contributed by atoms with E-state index in [-0.39, 0.29) is 5.91 Å². The molecule has 1 amide bonds. The zero-order chi connectivity index (χ0) is 14.1. The number of ether oxygens (including phenoxy) is 1. The van der Waals surface area contributed by atoms with Gasteiger partial charge in [-0.3, -0.25) is 4.79 Å². The van der Waals surface area contributed by atoms with Crippen molar-refractivity contribution in [1.82, 2.24) is 5.32 Å². The molecule has 1 rings (SSSR count). The van der Waals surface area contributed by atoms with E-state index in [4.69, 9.17) is 4.74 Å². The number of carbonyl (C=O) groups excluding carboxylic acids is 1. The van der Waals surface area contributed by atoms with Crippen LogP contribution in [0.1, 0.15) is 52.4 Å². The minimum atomic E-state index is -0.824. The van der Waals surface area contributed by atoms with E-state index in [1.807, 2.05) is 13.8 Å². The predicted octanol–water partition coefficient (Wildman–Crippen LogP) is 2.64. The first-order valence-corrected chi connectivity index (χ1v) is 7.45. The quantitative estimate of drug-likeness (QED) is 0.734. The Balaban J connectivity index is 2.44. The van der Waals surface area contributed by atoms with Crippen molar-refractivity contribution in [3.05, 3.63) is 0 Å². The van der Waals surface area contributed by atoms with Gasteiger partial charge in [-0.1, -0.05) is 26.7 Å². The summed E-state index contributed by atoms with van der Waals surface area (Å²) in [5.41, 5.74) is -0.824. The van der Waals surface area contributed by atoms with E-state index in [1.165, 1.54) is 0 Å². The van der Waals surface area contributed by atoms with Gasteiger partial charge in [-0.05, 0) is 31.6 Å². The van der Waals surface area contributed by atoms with E-state index < -0.39 is 5.41 Å². The average molecular weight is 266 g/mol. The van der Waals surface area contributed by atoms with Gasteiger partial charge in [-0.25, -0.2) is 0 Å². The Kier molecular flexibility index (Phi) is 6.86. The van der Waals surface area contributed by atoms with Gasteiger partial charge >= 0.3 is 0 Å². The van der Waals surface area contributed by atoms with Crippen molar-refractivity contribution in [2.75, 3.05) is 19.8 Å². The Hall–Kier alpha value is -1.08. The van der Waals surface area contributed by atoms with Crippen LogP contribution in [0.4, 0.5) is 0 Å². The third-order valence-electron chi connectivity index (χ3n) is 3.86. The van der Waals surface area contributed by atoms with Crippen LogP contribution in [-0.2, 0) is 9.53 Å². The molecule has 1 unspecified atom stereocenters. The number of hydrogen-bond donors (Lipinski definition) is 1. The van der Waals surface area contributed by atoms with Gasteiger partial charge in [0.05, 0.1) is 6.07 Å². The molecule has 1 heterocycles. The Morgan fingerprint density at radius 3 is 2.58 bits per heavy atom. The summed E-state index contributed by atoms with van der Waals surface area (Å²) in [5.74, 6) is 0.478. The molecule has 1 saturated heterocycles. The van der Waals surface area contributed by atoms with Gasteiger partial charge in [0, 0.05) is 19.8 Å². The second kappa shape index (κ2) is 8.16. The molecular weight excluding hydrogens is 240 g/mol. The summed E-state index contributed by atoms with van der Waals surface area (Å²) in [6.45, 7) is 6.34. The summed E-state index contributed by atoms with van der Waals surface area (Å²) in [4.78, 5) is 12.3. The van der Waals surface area contributed by atoms with Crippen LogP contribution in [0.25, 0.3) is 0 Å². The number of nitrogens with one attached hydrogen (secondary N) is 1. The highest BCUT2D eigenvalue weighted by atomic mass is 16.5. The molecule has 4 heteroatoms. The minimum absolute atomic E-state index is 0.0855. The second-order valence-electron chi connectivity index (χ2n) is 5.47. The number of nitrogens with zero attached hydrogens (tertiary/aromatic N) is 1. The average Bonchev–Trinajstić information content (AvgIpc) is 2.91. The Morgan fingerprint density at radius 2 is 2.11 bits per heavy atom. The number of rotatable bonds is 8. The van der Waals surface area contributed by atoms with E-state index >= 15 is 0 Å². The summed E-state index contributed by atoms with van der Waals surface area (Å²) in [6.07, 6.45) is 5.05. The van der Waals surface area contributed by atoms with Crippen molar-refractivity contribution >= 4 is 5.91 Å². The van der Waals surface area contributed by atoms with E-state index in [2.05, 4.69) is 11.4 Å². The molecule has 108 valence electrons. The molecule has 0 aliphatic carbocycles. The summed E-state index contributed by atoms with van der Waals surface area (Å²) >= 11 is 0. The predicted molar refractivity (Wildman–Crippen MR) is 74.4 cm³/mol. The molecule has 1 aliphatic rings. The highest BCUT2D eigenvalue weighted by Gasteiger charge is 2.36. The van der Waals surface area contributed by atoms with Gasteiger partial charge < -0.3 is 10.1 Å². The fraction of sp³-hybridized carbons (Fsp3) is 0.867. The van der Waals surface area contributed by atoms with Crippen molar-refractivity contribution in [2.45, 2.75) is 52.4 Å². The van der Waals surface area contributed by atoms with Gasteiger partial charge in [-0.2, -0.15) is 5.26 Å². The monoisotopic (exact) mass is 266 g/mol. The molecule has 1 N–H and O–H groups in total. The van der Waals surface area contributed by atoms with Crippen molar-refractivity contribution < 1.29 is 9.53 Å². The summed E-state index contributed by atoms with van der Waals surface area (Å²) < 4.78 is 5.32. The lowest BCUT2D eigenvalue weighted by molar-refractivity contribution is -0.129. The molecule has 0 saturated carbocycles. The fourth-order valence-corrected chi connectivity index (χ4v) is 2.74. The smallest absolute Gasteiger partial charge is 0.240 e. The summed E-state index contributed by atoms with van der Waals surface area (Å²) in [7, 11) is 0. The Labute approximate surface area is 116 Å². The highest BCUT2D eigenvalue weighted by molar-refractivity contribution is 5.85. The minimum Gasteiger partial charge on any atom is -0.381 e. The molecule has 0 bridgehead atoms. The van der Waals surface area contributed by atoms with Crippen molar-refractivity contribution in [2.24, 2.45) is 11.3 Å². The molecule has 0 spiro atoms. The molecule has 0 aromatic carbocycles. The maximum atomic E-state index is 12.3. The van der Waals surface area contributed by atoms with E-state index in [0.717, 1.165) is 38.9 Å². The first-order valence-electron chi connectivity index (χ1n) is 7.45. The SMILES string of the molecule is CCCC(C#N)(CCC)C(=O)NCCC1CCOC1. The second-order valence-corrected chi connectivity index (χ2v) is 5.47. The van der Waals surface area contributed by atoms with Crippen LogP contribution in [0.3, 0.4) is 0 Å². The highest BCUT2D eigenvalue weighted by Crippen LogP contribution is 2.29. The van der Waals surface area contributed by atoms with Gasteiger partial charge in [-0.15, -0.1) is 0 Å². The molecule has 1 atom stereocenters.